The molecule has 1 atom stereocenters. The van der Waals surface area contributed by atoms with Gasteiger partial charge in [-0.05, 0) is 46.9 Å². The molecular weight excluding hydrogens is 322 g/mol. The SMILES string of the molecule is CCC(Oc1ccc2ccccc2c1)C(=O)N1CCc2ccccc2C1. The highest BCUT2D eigenvalue weighted by Gasteiger charge is 2.27. The maximum absolute atomic E-state index is 13.0. The van der Waals surface area contributed by atoms with Crippen molar-refractivity contribution in [2.75, 3.05) is 6.54 Å². The summed E-state index contributed by atoms with van der Waals surface area (Å²) < 4.78 is 6.08. The molecule has 3 nitrogen and oxygen atoms in total. The molecule has 0 fully saturated rings. The number of carbonyl (C=O) groups excluding carboxylic acids is 1. The summed E-state index contributed by atoms with van der Waals surface area (Å²) in [5.41, 5.74) is 2.59. The van der Waals surface area contributed by atoms with Crippen LogP contribution in [0.5, 0.6) is 5.75 Å². The van der Waals surface area contributed by atoms with E-state index in [1.54, 1.807) is 0 Å². The highest BCUT2D eigenvalue weighted by molar-refractivity contribution is 5.84. The van der Waals surface area contributed by atoms with Gasteiger partial charge in [0.25, 0.3) is 5.91 Å². The summed E-state index contributed by atoms with van der Waals surface area (Å²) in [5.74, 6) is 0.830. The molecule has 0 spiro atoms. The maximum Gasteiger partial charge on any atom is 0.263 e. The van der Waals surface area contributed by atoms with Gasteiger partial charge in [-0.1, -0.05) is 61.5 Å². The Morgan fingerprint density at radius 1 is 1.00 bits per heavy atom. The summed E-state index contributed by atoms with van der Waals surface area (Å²) >= 11 is 0. The number of carbonyl (C=O) groups is 1. The number of benzene rings is 3. The third kappa shape index (κ3) is 3.30. The van der Waals surface area contributed by atoms with Crippen LogP contribution < -0.4 is 4.74 Å². The van der Waals surface area contributed by atoms with E-state index in [-0.39, 0.29) is 5.91 Å². The van der Waals surface area contributed by atoms with Crippen LogP contribution in [0.1, 0.15) is 24.5 Å². The Labute approximate surface area is 154 Å². The number of ether oxygens (including phenoxy) is 1. The highest BCUT2D eigenvalue weighted by Crippen LogP contribution is 2.24. The van der Waals surface area contributed by atoms with Crippen LogP contribution >= 0.6 is 0 Å². The number of hydrogen-bond donors (Lipinski definition) is 0. The number of hydrogen-bond acceptors (Lipinski definition) is 2. The second kappa shape index (κ2) is 7.20. The Hall–Kier alpha value is -2.81. The summed E-state index contributed by atoms with van der Waals surface area (Å²) in [6.45, 7) is 3.43. The van der Waals surface area contributed by atoms with Crippen LogP contribution in [0.3, 0.4) is 0 Å². The molecule has 3 aromatic rings. The molecule has 0 aliphatic carbocycles. The number of rotatable bonds is 4. The minimum atomic E-state index is -0.443. The lowest BCUT2D eigenvalue weighted by atomic mass is 9.99. The van der Waals surface area contributed by atoms with Crippen molar-refractivity contribution in [2.24, 2.45) is 0 Å². The first-order valence-electron chi connectivity index (χ1n) is 9.25. The molecule has 0 bridgehead atoms. The van der Waals surface area contributed by atoms with E-state index in [1.165, 1.54) is 16.5 Å². The summed E-state index contributed by atoms with van der Waals surface area (Å²) in [7, 11) is 0. The molecule has 26 heavy (non-hydrogen) atoms. The predicted molar refractivity (Wildman–Crippen MR) is 104 cm³/mol. The van der Waals surface area contributed by atoms with Gasteiger partial charge in [-0.3, -0.25) is 4.79 Å². The van der Waals surface area contributed by atoms with Crippen molar-refractivity contribution in [1.82, 2.24) is 4.90 Å². The van der Waals surface area contributed by atoms with Gasteiger partial charge in [0.05, 0.1) is 0 Å². The molecule has 3 heteroatoms. The molecule has 1 amide bonds. The summed E-state index contributed by atoms with van der Waals surface area (Å²) in [4.78, 5) is 14.9. The van der Waals surface area contributed by atoms with E-state index < -0.39 is 6.10 Å². The minimum absolute atomic E-state index is 0.0789. The van der Waals surface area contributed by atoms with Crippen LogP contribution in [0.15, 0.2) is 66.7 Å². The van der Waals surface area contributed by atoms with Crippen LogP contribution in [0.4, 0.5) is 0 Å². The smallest absolute Gasteiger partial charge is 0.263 e. The fourth-order valence-corrected chi connectivity index (χ4v) is 3.60. The molecule has 0 aromatic heterocycles. The van der Waals surface area contributed by atoms with Gasteiger partial charge in [0, 0.05) is 13.1 Å². The first-order valence-corrected chi connectivity index (χ1v) is 9.25. The lowest BCUT2D eigenvalue weighted by molar-refractivity contribution is -0.139. The van der Waals surface area contributed by atoms with Crippen LogP contribution in [0.2, 0.25) is 0 Å². The quantitative estimate of drug-likeness (QED) is 0.692. The second-order valence-corrected chi connectivity index (χ2v) is 6.80. The fraction of sp³-hybridized carbons (Fsp3) is 0.261. The molecule has 1 heterocycles. The van der Waals surface area contributed by atoms with Gasteiger partial charge in [-0.15, -0.1) is 0 Å². The van der Waals surface area contributed by atoms with E-state index in [1.807, 2.05) is 48.2 Å². The second-order valence-electron chi connectivity index (χ2n) is 6.80. The molecular formula is C23H23NO2. The van der Waals surface area contributed by atoms with E-state index in [2.05, 4.69) is 30.3 Å². The van der Waals surface area contributed by atoms with Crippen LogP contribution in [-0.4, -0.2) is 23.5 Å². The summed E-state index contributed by atoms with van der Waals surface area (Å²) in [6, 6.07) is 22.5. The number of nitrogens with zero attached hydrogens (tertiary/aromatic N) is 1. The van der Waals surface area contributed by atoms with Gasteiger partial charge in [0.1, 0.15) is 5.75 Å². The molecule has 1 unspecified atom stereocenters. The van der Waals surface area contributed by atoms with E-state index in [0.29, 0.717) is 13.0 Å². The molecule has 0 radical (unpaired) electrons. The van der Waals surface area contributed by atoms with Gasteiger partial charge in [0.2, 0.25) is 0 Å². The van der Waals surface area contributed by atoms with Gasteiger partial charge < -0.3 is 9.64 Å². The fourth-order valence-electron chi connectivity index (χ4n) is 3.60. The third-order valence-electron chi connectivity index (χ3n) is 5.09. The van der Waals surface area contributed by atoms with E-state index >= 15 is 0 Å². The normalized spacial score (nSPS) is 14.7. The molecule has 0 N–H and O–H groups in total. The topological polar surface area (TPSA) is 29.5 Å². The Morgan fingerprint density at radius 2 is 1.73 bits per heavy atom. The monoisotopic (exact) mass is 345 g/mol. The summed E-state index contributed by atoms with van der Waals surface area (Å²) in [6.07, 6.45) is 1.12. The predicted octanol–water partition coefficient (Wildman–Crippen LogP) is 4.58. The lowest BCUT2D eigenvalue weighted by Gasteiger charge is -2.31. The van der Waals surface area contributed by atoms with Gasteiger partial charge >= 0.3 is 0 Å². The Bertz CT molecular complexity index is 934. The van der Waals surface area contributed by atoms with Gasteiger partial charge in [-0.2, -0.15) is 0 Å². The van der Waals surface area contributed by atoms with E-state index in [0.717, 1.165) is 24.1 Å². The minimum Gasteiger partial charge on any atom is -0.481 e. The molecule has 4 rings (SSSR count). The zero-order valence-electron chi connectivity index (χ0n) is 15.0. The van der Waals surface area contributed by atoms with Crippen molar-refractivity contribution < 1.29 is 9.53 Å². The molecule has 0 saturated carbocycles. The highest BCUT2D eigenvalue weighted by atomic mass is 16.5. The average molecular weight is 345 g/mol. The van der Waals surface area contributed by atoms with Gasteiger partial charge in [0.15, 0.2) is 6.10 Å². The van der Waals surface area contributed by atoms with Gasteiger partial charge in [-0.25, -0.2) is 0 Å². The Balaban J connectivity index is 1.50. The molecule has 1 aliphatic heterocycles. The standard InChI is InChI=1S/C23H23NO2/c1-2-22(26-21-12-11-17-7-3-5-9-19(17)15-21)23(25)24-14-13-18-8-4-6-10-20(18)16-24/h3-12,15,22H,2,13-14,16H2,1H3. The molecule has 1 aliphatic rings. The average Bonchev–Trinajstić information content (AvgIpc) is 2.71. The molecule has 3 aromatic carbocycles. The van der Waals surface area contributed by atoms with Crippen molar-refractivity contribution in [3.63, 3.8) is 0 Å². The zero-order valence-corrected chi connectivity index (χ0v) is 15.0. The van der Waals surface area contributed by atoms with Crippen LogP contribution in [0, 0.1) is 0 Å². The van der Waals surface area contributed by atoms with Crippen molar-refractivity contribution in [2.45, 2.75) is 32.4 Å². The molecule has 132 valence electrons. The van der Waals surface area contributed by atoms with Crippen molar-refractivity contribution in [3.8, 4) is 5.75 Å². The van der Waals surface area contributed by atoms with Crippen LogP contribution in [-0.2, 0) is 17.8 Å². The lowest BCUT2D eigenvalue weighted by Crippen LogP contribution is -2.44. The number of amides is 1. The maximum atomic E-state index is 13.0. The van der Waals surface area contributed by atoms with E-state index in [9.17, 15) is 4.79 Å². The van der Waals surface area contributed by atoms with Crippen molar-refractivity contribution in [3.05, 3.63) is 77.9 Å². The van der Waals surface area contributed by atoms with Crippen molar-refractivity contribution in [1.29, 1.82) is 0 Å². The number of fused-ring (bicyclic) bond motifs is 2. The van der Waals surface area contributed by atoms with E-state index in [4.69, 9.17) is 4.74 Å². The first-order chi connectivity index (χ1) is 12.7. The Kier molecular flexibility index (Phi) is 4.61. The largest absolute Gasteiger partial charge is 0.481 e. The summed E-state index contributed by atoms with van der Waals surface area (Å²) in [5, 5.41) is 2.30. The van der Waals surface area contributed by atoms with Crippen LogP contribution in [0.25, 0.3) is 10.8 Å². The third-order valence-corrected chi connectivity index (χ3v) is 5.09. The molecule has 0 saturated heterocycles. The first kappa shape index (κ1) is 16.6. The Morgan fingerprint density at radius 3 is 2.54 bits per heavy atom. The zero-order chi connectivity index (χ0) is 17.9. The van der Waals surface area contributed by atoms with Crippen molar-refractivity contribution >= 4 is 16.7 Å².